The number of hydrogen-bond donors (Lipinski definition) is 1. The first-order valence-corrected chi connectivity index (χ1v) is 8.96. The van der Waals surface area contributed by atoms with Gasteiger partial charge in [-0.25, -0.2) is 4.98 Å². The number of hydrogen-bond acceptors (Lipinski definition) is 5. The zero-order valence-electron chi connectivity index (χ0n) is 14.1. The summed E-state index contributed by atoms with van der Waals surface area (Å²) in [6.07, 6.45) is 6.86. The summed E-state index contributed by atoms with van der Waals surface area (Å²) in [6.45, 7) is 0. The standard InChI is InChI=1S/C19H18N2O3S/c1-23-12-8-6-11(14(10-12)24-2)7-9-16-20-18(22)17-13-4-3-5-15(13)25-19(17)21-16/h6-10H,3-5H2,1-2H3,(H,20,21,22)/b9-7+. The highest BCUT2D eigenvalue weighted by molar-refractivity contribution is 7.18. The van der Waals surface area contributed by atoms with Gasteiger partial charge in [0.25, 0.3) is 5.56 Å². The molecule has 2 aromatic heterocycles. The molecule has 0 unspecified atom stereocenters. The third-order valence-corrected chi connectivity index (χ3v) is 5.64. The van der Waals surface area contributed by atoms with E-state index in [0.29, 0.717) is 11.6 Å². The average Bonchev–Trinajstić information content (AvgIpc) is 3.20. The van der Waals surface area contributed by atoms with E-state index in [1.54, 1.807) is 31.6 Å². The van der Waals surface area contributed by atoms with Crippen molar-refractivity contribution in [2.45, 2.75) is 19.3 Å². The lowest BCUT2D eigenvalue weighted by molar-refractivity contribution is 0.394. The van der Waals surface area contributed by atoms with E-state index >= 15 is 0 Å². The fourth-order valence-electron chi connectivity index (χ4n) is 3.22. The van der Waals surface area contributed by atoms with Crippen molar-refractivity contribution in [2.24, 2.45) is 0 Å². The summed E-state index contributed by atoms with van der Waals surface area (Å²) < 4.78 is 10.6. The van der Waals surface area contributed by atoms with Gasteiger partial charge in [-0.3, -0.25) is 4.79 Å². The molecule has 1 aliphatic carbocycles. The molecule has 0 fully saturated rings. The summed E-state index contributed by atoms with van der Waals surface area (Å²) in [6, 6.07) is 5.60. The van der Waals surface area contributed by atoms with Crippen LogP contribution in [0.5, 0.6) is 11.5 Å². The summed E-state index contributed by atoms with van der Waals surface area (Å²) in [4.78, 5) is 22.1. The van der Waals surface area contributed by atoms with Crippen LogP contribution in [0.1, 0.15) is 28.2 Å². The molecule has 0 amide bonds. The van der Waals surface area contributed by atoms with Crippen LogP contribution in [0.2, 0.25) is 0 Å². The van der Waals surface area contributed by atoms with Crippen LogP contribution < -0.4 is 15.0 Å². The first-order valence-electron chi connectivity index (χ1n) is 8.14. The van der Waals surface area contributed by atoms with Gasteiger partial charge in [-0.1, -0.05) is 0 Å². The number of fused-ring (bicyclic) bond motifs is 3. The Morgan fingerprint density at radius 1 is 1.20 bits per heavy atom. The lowest BCUT2D eigenvalue weighted by atomic mass is 10.1. The van der Waals surface area contributed by atoms with Gasteiger partial charge in [-0.2, -0.15) is 0 Å². The second-order valence-corrected chi connectivity index (χ2v) is 7.01. The number of aromatic amines is 1. The number of rotatable bonds is 4. The highest BCUT2D eigenvalue weighted by Gasteiger charge is 2.20. The maximum Gasteiger partial charge on any atom is 0.260 e. The average molecular weight is 354 g/mol. The highest BCUT2D eigenvalue weighted by Crippen LogP contribution is 2.34. The second kappa shape index (κ2) is 6.37. The number of nitrogens with one attached hydrogen (secondary N) is 1. The molecule has 4 rings (SSSR count). The molecule has 0 saturated carbocycles. The van der Waals surface area contributed by atoms with Crippen LogP contribution in [0.3, 0.4) is 0 Å². The molecule has 128 valence electrons. The van der Waals surface area contributed by atoms with E-state index in [-0.39, 0.29) is 5.56 Å². The Bertz CT molecular complexity index is 1030. The van der Waals surface area contributed by atoms with Crippen LogP contribution in [0.15, 0.2) is 23.0 Å². The Labute approximate surface area is 148 Å². The predicted molar refractivity (Wildman–Crippen MR) is 101 cm³/mol. The number of aryl methyl sites for hydroxylation is 2. The Morgan fingerprint density at radius 2 is 2.08 bits per heavy atom. The normalized spacial score (nSPS) is 13.5. The summed E-state index contributed by atoms with van der Waals surface area (Å²) >= 11 is 1.64. The molecule has 0 aliphatic heterocycles. The molecule has 1 N–H and O–H groups in total. The quantitative estimate of drug-likeness (QED) is 0.776. The number of thiophene rings is 1. The van der Waals surface area contributed by atoms with Crippen molar-refractivity contribution >= 4 is 33.7 Å². The fourth-order valence-corrected chi connectivity index (χ4v) is 4.49. The number of nitrogens with zero attached hydrogens (tertiary/aromatic N) is 1. The molecule has 0 radical (unpaired) electrons. The number of aromatic nitrogens is 2. The van der Waals surface area contributed by atoms with Gasteiger partial charge in [0, 0.05) is 16.5 Å². The van der Waals surface area contributed by atoms with Crippen LogP contribution in [0.4, 0.5) is 0 Å². The molecule has 1 aromatic carbocycles. The van der Waals surface area contributed by atoms with Crippen LogP contribution in [-0.2, 0) is 12.8 Å². The van der Waals surface area contributed by atoms with Gasteiger partial charge >= 0.3 is 0 Å². The van der Waals surface area contributed by atoms with E-state index in [1.165, 1.54) is 10.4 Å². The minimum Gasteiger partial charge on any atom is -0.497 e. The van der Waals surface area contributed by atoms with Crippen LogP contribution >= 0.6 is 11.3 Å². The summed E-state index contributed by atoms with van der Waals surface area (Å²) in [5.74, 6) is 1.99. The van der Waals surface area contributed by atoms with Gasteiger partial charge < -0.3 is 14.5 Å². The zero-order valence-corrected chi connectivity index (χ0v) is 14.9. The first-order chi connectivity index (χ1) is 12.2. The number of benzene rings is 1. The molecular weight excluding hydrogens is 336 g/mol. The molecule has 0 atom stereocenters. The molecular formula is C19H18N2O3S. The highest BCUT2D eigenvalue weighted by atomic mass is 32.1. The van der Waals surface area contributed by atoms with E-state index in [0.717, 1.165) is 40.8 Å². The molecule has 0 saturated heterocycles. The smallest absolute Gasteiger partial charge is 0.260 e. The van der Waals surface area contributed by atoms with Crippen LogP contribution in [-0.4, -0.2) is 24.2 Å². The van der Waals surface area contributed by atoms with E-state index < -0.39 is 0 Å². The topological polar surface area (TPSA) is 64.2 Å². The molecule has 0 bridgehead atoms. The monoisotopic (exact) mass is 354 g/mol. The lowest BCUT2D eigenvalue weighted by Crippen LogP contribution is -2.09. The predicted octanol–water partition coefficient (Wildman–Crippen LogP) is 3.66. The molecule has 5 nitrogen and oxygen atoms in total. The Balaban J connectivity index is 1.71. The maximum atomic E-state index is 12.5. The van der Waals surface area contributed by atoms with Gasteiger partial charge in [0.1, 0.15) is 22.2 Å². The second-order valence-electron chi connectivity index (χ2n) is 5.93. The third-order valence-electron chi connectivity index (χ3n) is 4.45. The van der Waals surface area contributed by atoms with Gasteiger partial charge in [0.15, 0.2) is 0 Å². The van der Waals surface area contributed by atoms with E-state index in [1.807, 2.05) is 24.3 Å². The number of H-pyrrole nitrogens is 1. The molecule has 0 spiro atoms. The molecule has 6 heteroatoms. The minimum absolute atomic E-state index is 0.0502. The summed E-state index contributed by atoms with van der Waals surface area (Å²) in [5.41, 5.74) is 2.03. The zero-order chi connectivity index (χ0) is 17.4. The molecule has 3 aromatic rings. The molecule has 2 heterocycles. The van der Waals surface area contributed by atoms with Crippen molar-refractivity contribution in [1.29, 1.82) is 0 Å². The van der Waals surface area contributed by atoms with Crippen molar-refractivity contribution in [2.75, 3.05) is 14.2 Å². The summed E-state index contributed by atoms with van der Waals surface area (Å²) in [5, 5.41) is 0.775. The van der Waals surface area contributed by atoms with E-state index in [2.05, 4.69) is 9.97 Å². The van der Waals surface area contributed by atoms with Crippen molar-refractivity contribution < 1.29 is 9.47 Å². The fraction of sp³-hybridized carbons (Fsp3) is 0.263. The van der Waals surface area contributed by atoms with Gasteiger partial charge in [0.05, 0.1) is 19.6 Å². The molecule has 1 aliphatic rings. The lowest BCUT2D eigenvalue weighted by Gasteiger charge is -2.07. The van der Waals surface area contributed by atoms with Crippen molar-refractivity contribution in [3.05, 3.63) is 50.4 Å². The SMILES string of the molecule is COc1ccc(/C=C/c2nc3sc4c(c3c(=O)[nH]2)CCC4)c(OC)c1. The number of methoxy groups -OCH3 is 2. The largest absolute Gasteiger partial charge is 0.497 e. The van der Waals surface area contributed by atoms with Crippen molar-refractivity contribution in [3.8, 4) is 11.5 Å². The maximum absolute atomic E-state index is 12.5. The minimum atomic E-state index is -0.0502. The Morgan fingerprint density at radius 3 is 2.88 bits per heavy atom. The number of ether oxygens (including phenoxy) is 2. The van der Waals surface area contributed by atoms with Crippen molar-refractivity contribution in [1.82, 2.24) is 9.97 Å². The summed E-state index contributed by atoms with van der Waals surface area (Å²) in [7, 11) is 3.23. The van der Waals surface area contributed by atoms with Gasteiger partial charge in [-0.15, -0.1) is 11.3 Å². The van der Waals surface area contributed by atoms with E-state index in [9.17, 15) is 4.79 Å². The third kappa shape index (κ3) is 2.82. The van der Waals surface area contributed by atoms with Crippen LogP contribution in [0.25, 0.3) is 22.4 Å². The van der Waals surface area contributed by atoms with Gasteiger partial charge in [-0.05, 0) is 49.1 Å². The Kier molecular flexibility index (Phi) is 4.05. The van der Waals surface area contributed by atoms with Crippen LogP contribution in [0, 0.1) is 0 Å². The first kappa shape index (κ1) is 15.9. The molecule has 25 heavy (non-hydrogen) atoms. The van der Waals surface area contributed by atoms with Crippen molar-refractivity contribution in [3.63, 3.8) is 0 Å². The van der Waals surface area contributed by atoms with Gasteiger partial charge in [0.2, 0.25) is 0 Å². The van der Waals surface area contributed by atoms with E-state index in [4.69, 9.17) is 9.47 Å². The Hall–Kier alpha value is -2.60.